The van der Waals surface area contributed by atoms with E-state index in [0.29, 0.717) is 19.1 Å². The lowest BCUT2D eigenvalue weighted by atomic mass is 10.2. The molecule has 0 aliphatic carbocycles. The van der Waals surface area contributed by atoms with Crippen LogP contribution in [0.3, 0.4) is 0 Å². The van der Waals surface area contributed by atoms with Gasteiger partial charge in [-0.15, -0.1) is 27.1 Å². The van der Waals surface area contributed by atoms with E-state index in [-0.39, 0.29) is 0 Å². The highest BCUT2D eigenvalue weighted by Crippen LogP contribution is 2.40. The molecule has 6 nitrogen and oxygen atoms in total. The summed E-state index contributed by atoms with van der Waals surface area (Å²) in [6, 6.07) is 1.98. The van der Waals surface area contributed by atoms with Crippen molar-refractivity contribution in [1.82, 2.24) is 20.4 Å². The maximum Gasteiger partial charge on any atom is 0.247 e. The van der Waals surface area contributed by atoms with Crippen molar-refractivity contribution < 1.29 is 9.47 Å². The van der Waals surface area contributed by atoms with E-state index in [0.717, 1.165) is 38.4 Å². The van der Waals surface area contributed by atoms with Gasteiger partial charge >= 0.3 is 0 Å². The zero-order chi connectivity index (χ0) is 13.4. The molecular formula is C12H10N4O2S2. The lowest BCUT2D eigenvalue weighted by molar-refractivity contribution is 0.311. The Bertz CT molecular complexity index is 668. The van der Waals surface area contributed by atoms with Gasteiger partial charge in [0, 0.05) is 11.5 Å². The summed E-state index contributed by atoms with van der Waals surface area (Å²) in [5.74, 6) is 3.19. The third-order valence-corrected chi connectivity index (χ3v) is 4.81. The molecule has 0 saturated carbocycles. The van der Waals surface area contributed by atoms with Crippen molar-refractivity contribution >= 4 is 23.5 Å². The SMILES string of the molecule is c1c(-c2cnnc3c2OCCS3)nnc2c1SCCO2. The molecule has 0 amide bonds. The van der Waals surface area contributed by atoms with E-state index in [1.165, 1.54) is 0 Å². The molecule has 0 radical (unpaired) electrons. The number of thioether (sulfide) groups is 2. The monoisotopic (exact) mass is 306 g/mol. The van der Waals surface area contributed by atoms with Crippen LogP contribution in [0.1, 0.15) is 0 Å². The van der Waals surface area contributed by atoms with Crippen LogP contribution in [0.15, 0.2) is 22.2 Å². The zero-order valence-corrected chi connectivity index (χ0v) is 12.0. The van der Waals surface area contributed by atoms with Crippen LogP contribution in [0.25, 0.3) is 11.3 Å². The second-order valence-corrected chi connectivity index (χ2v) is 6.41. The number of aromatic nitrogens is 4. The molecule has 0 bridgehead atoms. The minimum absolute atomic E-state index is 0.608. The summed E-state index contributed by atoms with van der Waals surface area (Å²) in [4.78, 5) is 1.01. The second kappa shape index (κ2) is 5.10. The highest BCUT2D eigenvalue weighted by molar-refractivity contribution is 7.99. The van der Waals surface area contributed by atoms with Crippen molar-refractivity contribution in [3.63, 3.8) is 0 Å². The summed E-state index contributed by atoms with van der Waals surface area (Å²) >= 11 is 3.38. The van der Waals surface area contributed by atoms with Crippen LogP contribution in [-0.4, -0.2) is 45.1 Å². The van der Waals surface area contributed by atoms with Gasteiger partial charge in [-0.3, -0.25) is 0 Å². The van der Waals surface area contributed by atoms with Gasteiger partial charge in [-0.05, 0) is 6.07 Å². The van der Waals surface area contributed by atoms with E-state index in [1.54, 1.807) is 29.7 Å². The quantitative estimate of drug-likeness (QED) is 0.791. The molecule has 2 aliphatic heterocycles. The van der Waals surface area contributed by atoms with E-state index in [1.807, 2.05) is 6.07 Å². The van der Waals surface area contributed by atoms with Crippen molar-refractivity contribution in [2.75, 3.05) is 24.7 Å². The molecule has 0 aromatic carbocycles. The number of hydrogen-bond donors (Lipinski definition) is 0. The average molecular weight is 306 g/mol. The lowest BCUT2D eigenvalue weighted by Crippen LogP contribution is -2.11. The first-order chi connectivity index (χ1) is 9.92. The van der Waals surface area contributed by atoms with Crippen LogP contribution in [-0.2, 0) is 0 Å². The van der Waals surface area contributed by atoms with Crippen molar-refractivity contribution in [3.05, 3.63) is 12.3 Å². The number of rotatable bonds is 1. The zero-order valence-electron chi connectivity index (χ0n) is 10.4. The number of ether oxygens (including phenoxy) is 2. The van der Waals surface area contributed by atoms with Gasteiger partial charge in [0.1, 0.15) is 0 Å². The van der Waals surface area contributed by atoms with Crippen LogP contribution in [0, 0.1) is 0 Å². The Balaban J connectivity index is 1.81. The maximum atomic E-state index is 5.72. The van der Waals surface area contributed by atoms with Crippen LogP contribution < -0.4 is 9.47 Å². The van der Waals surface area contributed by atoms with Gasteiger partial charge in [0.25, 0.3) is 0 Å². The fourth-order valence-corrected chi connectivity index (χ4v) is 3.61. The van der Waals surface area contributed by atoms with Crippen molar-refractivity contribution in [1.29, 1.82) is 0 Å². The van der Waals surface area contributed by atoms with Gasteiger partial charge in [0.05, 0.1) is 35.6 Å². The molecule has 0 saturated heterocycles. The van der Waals surface area contributed by atoms with Crippen molar-refractivity contribution in [3.8, 4) is 22.9 Å². The third-order valence-electron chi connectivity index (χ3n) is 2.93. The first kappa shape index (κ1) is 12.2. The molecule has 102 valence electrons. The predicted molar refractivity (Wildman–Crippen MR) is 75.5 cm³/mol. The Kier molecular flexibility index (Phi) is 3.12. The van der Waals surface area contributed by atoms with E-state index in [4.69, 9.17) is 9.47 Å². The Morgan fingerprint density at radius 2 is 1.90 bits per heavy atom. The Morgan fingerprint density at radius 1 is 1.00 bits per heavy atom. The largest absolute Gasteiger partial charge is 0.489 e. The number of fused-ring (bicyclic) bond motifs is 2. The molecule has 8 heteroatoms. The molecule has 0 spiro atoms. The summed E-state index contributed by atoms with van der Waals surface area (Å²) in [5.41, 5.74) is 1.58. The highest BCUT2D eigenvalue weighted by Gasteiger charge is 2.21. The van der Waals surface area contributed by atoms with E-state index in [9.17, 15) is 0 Å². The minimum Gasteiger partial charge on any atom is -0.489 e. The molecule has 0 atom stereocenters. The van der Waals surface area contributed by atoms with Gasteiger partial charge in [0.2, 0.25) is 5.88 Å². The van der Waals surface area contributed by atoms with Crippen LogP contribution in [0.4, 0.5) is 0 Å². The first-order valence-electron chi connectivity index (χ1n) is 6.17. The molecule has 2 aromatic rings. The van der Waals surface area contributed by atoms with E-state index >= 15 is 0 Å². The molecule has 0 fully saturated rings. The Labute approximate surface area is 123 Å². The fraction of sp³-hybridized carbons (Fsp3) is 0.333. The molecule has 4 heterocycles. The molecule has 4 rings (SSSR count). The summed E-state index contributed by atoms with van der Waals surface area (Å²) < 4.78 is 11.2. The van der Waals surface area contributed by atoms with Gasteiger partial charge < -0.3 is 9.47 Å². The van der Waals surface area contributed by atoms with E-state index in [2.05, 4.69) is 20.4 Å². The number of hydrogen-bond acceptors (Lipinski definition) is 8. The third kappa shape index (κ3) is 2.08. The maximum absolute atomic E-state index is 5.72. The smallest absolute Gasteiger partial charge is 0.247 e. The molecule has 0 N–H and O–H groups in total. The predicted octanol–water partition coefficient (Wildman–Crippen LogP) is 1.90. The van der Waals surface area contributed by atoms with Gasteiger partial charge in [-0.25, -0.2) is 0 Å². The molecule has 0 unspecified atom stereocenters. The summed E-state index contributed by atoms with van der Waals surface area (Å²) in [7, 11) is 0. The van der Waals surface area contributed by atoms with Crippen LogP contribution in [0.2, 0.25) is 0 Å². The topological polar surface area (TPSA) is 70.0 Å². The highest BCUT2D eigenvalue weighted by atomic mass is 32.2. The van der Waals surface area contributed by atoms with Crippen LogP contribution in [0.5, 0.6) is 11.6 Å². The number of nitrogens with zero attached hydrogens (tertiary/aromatic N) is 4. The van der Waals surface area contributed by atoms with Crippen molar-refractivity contribution in [2.45, 2.75) is 9.92 Å². The van der Waals surface area contributed by atoms with E-state index < -0.39 is 0 Å². The molecule has 2 aliphatic rings. The first-order valence-corrected chi connectivity index (χ1v) is 8.14. The summed E-state index contributed by atoms with van der Waals surface area (Å²) in [6.07, 6.45) is 1.68. The summed E-state index contributed by atoms with van der Waals surface area (Å²) in [6.45, 7) is 1.35. The van der Waals surface area contributed by atoms with Gasteiger partial charge in [-0.1, -0.05) is 11.8 Å². The van der Waals surface area contributed by atoms with Gasteiger partial charge in [0.15, 0.2) is 10.8 Å². The van der Waals surface area contributed by atoms with Crippen molar-refractivity contribution in [2.24, 2.45) is 0 Å². The summed E-state index contributed by atoms with van der Waals surface area (Å²) in [5, 5.41) is 17.3. The minimum atomic E-state index is 0.608. The van der Waals surface area contributed by atoms with Crippen LogP contribution >= 0.6 is 23.5 Å². The van der Waals surface area contributed by atoms with Gasteiger partial charge in [-0.2, -0.15) is 5.10 Å². The average Bonchev–Trinajstić information content (AvgIpc) is 2.54. The molecule has 20 heavy (non-hydrogen) atoms. The fourth-order valence-electron chi connectivity index (χ4n) is 2.05. The standard InChI is InChI=1S/C12H10N4O2S2/c1-4-20-12-10(17-1)7(6-13-16-12)8-5-9-11(15-14-8)18-2-3-19-9/h5-6H,1-4H2. The normalized spacial score (nSPS) is 16.6. The lowest BCUT2D eigenvalue weighted by Gasteiger charge is -2.19. The molecule has 2 aromatic heterocycles. The Hall–Kier alpha value is -1.54. The Morgan fingerprint density at radius 3 is 2.90 bits per heavy atom. The second-order valence-electron chi connectivity index (χ2n) is 4.19. The molecular weight excluding hydrogens is 296 g/mol.